The summed E-state index contributed by atoms with van der Waals surface area (Å²) in [6.07, 6.45) is 3.73. The van der Waals surface area contributed by atoms with Crippen LogP contribution >= 0.6 is 34.4 Å². The Bertz CT molecular complexity index is 1400. The van der Waals surface area contributed by atoms with Crippen molar-refractivity contribution in [3.63, 3.8) is 0 Å². The number of nitrogens with one attached hydrogen (secondary N) is 2. The van der Waals surface area contributed by atoms with E-state index in [2.05, 4.69) is 10.3 Å². The van der Waals surface area contributed by atoms with Gasteiger partial charge in [0.05, 0.1) is 23.3 Å². The minimum Gasteiger partial charge on any atom is -0.493 e. The molecule has 0 aliphatic rings. The molecule has 192 valence electrons. The van der Waals surface area contributed by atoms with E-state index in [-0.39, 0.29) is 18.3 Å². The van der Waals surface area contributed by atoms with E-state index in [1.54, 1.807) is 38.2 Å². The number of aromatic nitrogens is 1. The molecule has 4 aromatic rings. The molecular weight excluding hydrogens is 529 g/mol. The highest BCUT2D eigenvalue weighted by molar-refractivity contribution is 8.00. The predicted octanol–water partition coefficient (Wildman–Crippen LogP) is 5.26. The molecule has 0 atom stereocenters. The highest BCUT2D eigenvalue weighted by Gasteiger charge is 2.24. The lowest BCUT2D eigenvalue weighted by Gasteiger charge is -2.12. The summed E-state index contributed by atoms with van der Waals surface area (Å²) < 4.78 is 17.4. The van der Waals surface area contributed by atoms with Gasteiger partial charge in [0, 0.05) is 29.2 Å². The van der Waals surface area contributed by atoms with Crippen molar-refractivity contribution in [3.8, 4) is 38.9 Å². The summed E-state index contributed by atoms with van der Waals surface area (Å²) in [6.45, 7) is 0.202. The van der Waals surface area contributed by atoms with E-state index in [0.717, 1.165) is 31.5 Å². The van der Waals surface area contributed by atoms with Crippen LogP contribution in [0, 0.1) is 5.41 Å². The molecule has 0 aliphatic carbocycles. The first-order valence-corrected chi connectivity index (χ1v) is 14.0. The second kappa shape index (κ2) is 12.1. The molecular formula is C26H26N4O4S3. The van der Waals surface area contributed by atoms with Crippen LogP contribution in [-0.2, 0) is 11.3 Å². The fourth-order valence-corrected chi connectivity index (χ4v) is 6.37. The quantitative estimate of drug-likeness (QED) is 0.131. The van der Waals surface area contributed by atoms with Crippen molar-refractivity contribution in [2.75, 3.05) is 27.1 Å². The van der Waals surface area contributed by atoms with Crippen molar-refractivity contribution in [2.24, 2.45) is 5.73 Å². The first-order chi connectivity index (χ1) is 17.9. The van der Waals surface area contributed by atoms with Gasteiger partial charge in [-0.3, -0.25) is 10.2 Å². The van der Waals surface area contributed by atoms with Gasteiger partial charge in [0.2, 0.25) is 0 Å². The molecule has 0 bridgehead atoms. The van der Waals surface area contributed by atoms with Gasteiger partial charge < -0.3 is 25.3 Å². The SMILES string of the molecule is COc1ccc(CNC(=O)COc2cccc(-c3c(SC)sc(C(=N)N)c3-c3nccs3)c2)cc1OC. The molecule has 2 aromatic carbocycles. The monoisotopic (exact) mass is 554 g/mol. The Balaban J connectivity index is 1.49. The normalized spacial score (nSPS) is 10.7. The van der Waals surface area contributed by atoms with Gasteiger partial charge in [0.25, 0.3) is 5.91 Å². The third-order valence-corrected chi connectivity index (χ3v) is 8.52. The van der Waals surface area contributed by atoms with Crippen LogP contribution in [0.4, 0.5) is 0 Å². The number of thioether (sulfide) groups is 1. The molecule has 0 unspecified atom stereocenters. The maximum atomic E-state index is 12.5. The Morgan fingerprint density at radius 3 is 2.62 bits per heavy atom. The fourth-order valence-electron chi connectivity index (χ4n) is 3.69. The molecule has 0 saturated heterocycles. The van der Waals surface area contributed by atoms with E-state index in [1.165, 1.54) is 22.7 Å². The molecule has 4 rings (SSSR count). The van der Waals surface area contributed by atoms with Crippen molar-refractivity contribution in [3.05, 3.63) is 64.5 Å². The average molecular weight is 555 g/mol. The van der Waals surface area contributed by atoms with E-state index >= 15 is 0 Å². The number of rotatable bonds is 11. The molecule has 0 radical (unpaired) electrons. The topological polar surface area (TPSA) is 120 Å². The van der Waals surface area contributed by atoms with Crippen LogP contribution in [0.3, 0.4) is 0 Å². The second-order valence-electron chi connectivity index (χ2n) is 7.71. The van der Waals surface area contributed by atoms with Gasteiger partial charge in [-0.25, -0.2) is 4.98 Å². The number of benzene rings is 2. The van der Waals surface area contributed by atoms with Gasteiger partial charge in [-0.05, 0) is 41.6 Å². The molecule has 0 aliphatic heterocycles. The summed E-state index contributed by atoms with van der Waals surface area (Å²) in [5.74, 6) is 1.56. The molecule has 11 heteroatoms. The number of methoxy groups -OCH3 is 2. The van der Waals surface area contributed by atoms with E-state index in [9.17, 15) is 4.79 Å². The number of carbonyl (C=O) groups excluding carboxylic acids is 1. The number of amides is 1. The maximum absolute atomic E-state index is 12.5. The first-order valence-electron chi connectivity index (χ1n) is 11.1. The zero-order valence-corrected chi connectivity index (χ0v) is 22.9. The van der Waals surface area contributed by atoms with E-state index < -0.39 is 0 Å². The Morgan fingerprint density at radius 1 is 1.14 bits per heavy atom. The lowest BCUT2D eigenvalue weighted by Crippen LogP contribution is -2.28. The molecule has 4 N–H and O–H groups in total. The molecule has 2 heterocycles. The van der Waals surface area contributed by atoms with Crippen molar-refractivity contribution >= 4 is 46.2 Å². The first kappa shape index (κ1) is 26.5. The summed E-state index contributed by atoms with van der Waals surface area (Å²) in [4.78, 5) is 17.6. The maximum Gasteiger partial charge on any atom is 0.258 e. The van der Waals surface area contributed by atoms with Crippen molar-refractivity contribution in [2.45, 2.75) is 10.8 Å². The summed E-state index contributed by atoms with van der Waals surface area (Å²) in [6, 6.07) is 13.1. The summed E-state index contributed by atoms with van der Waals surface area (Å²) in [5.41, 5.74) is 9.52. The largest absolute Gasteiger partial charge is 0.493 e. The number of thiophene rings is 1. The van der Waals surface area contributed by atoms with E-state index in [1.807, 2.05) is 48.0 Å². The lowest BCUT2D eigenvalue weighted by molar-refractivity contribution is -0.123. The van der Waals surface area contributed by atoms with E-state index in [4.69, 9.17) is 25.4 Å². The number of hydrogen-bond acceptors (Lipinski definition) is 9. The minimum atomic E-state index is -0.247. The van der Waals surface area contributed by atoms with Gasteiger partial charge in [-0.2, -0.15) is 0 Å². The zero-order chi connectivity index (χ0) is 26.4. The van der Waals surface area contributed by atoms with Gasteiger partial charge in [0.1, 0.15) is 16.6 Å². The summed E-state index contributed by atoms with van der Waals surface area (Å²) in [5, 5.41) is 13.7. The van der Waals surface area contributed by atoms with Crippen LogP contribution in [-0.4, -0.2) is 43.8 Å². The number of nitrogen functional groups attached to an aromatic ring is 1. The van der Waals surface area contributed by atoms with Crippen molar-refractivity contribution < 1.29 is 19.0 Å². The lowest BCUT2D eigenvalue weighted by atomic mass is 10.0. The van der Waals surface area contributed by atoms with Crippen molar-refractivity contribution in [1.82, 2.24) is 10.3 Å². The Kier molecular flexibility index (Phi) is 8.70. The van der Waals surface area contributed by atoms with Gasteiger partial charge in [0.15, 0.2) is 18.1 Å². The van der Waals surface area contributed by atoms with Crippen LogP contribution < -0.4 is 25.3 Å². The Labute approximate surface area is 227 Å². The van der Waals surface area contributed by atoms with Crippen LogP contribution in [0.2, 0.25) is 0 Å². The molecule has 0 spiro atoms. The number of nitrogens with two attached hydrogens (primary N) is 1. The Hall–Kier alpha value is -3.54. The minimum absolute atomic E-state index is 0.00954. The predicted molar refractivity (Wildman–Crippen MR) is 151 cm³/mol. The third-order valence-electron chi connectivity index (χ3n) is 5.38. The fraction of sp³-hybridized carbons (Fsp3) is 0.192. The standard InChI is InChI=1S/C26H26N4O4S3/c1-32-18-8-7-15(11-19(18)33-2)13-30-20(31)14-34-17-6-4-5-16(12-17)21-22(25-29-9-10-36-25)23(24(27)28)37-26(21)35-3/h4-12H,13-14H2,1-3H3,(H3,27,28)(H,30,31). The summed E-state index contributed by atoms with van der Waals surface area (Å²) in [7, 11) is 3.15. The number of thiazole rings is 1. The molecule has 0 fully saturated rings. The molecule has 0 saturated carbocycles. The second-order valence-corrected chi connectivity index (χ2v) is 10.7. The van der Waals surface area contributed by atoms with E-state index in [0.29, 0.717) is 28.7 Å². The highest BCUT2D eigenvalue weighted by Crippen LogP contribution is 2.47. The molecule has 8 nitrogen and oxygen atoms in total. The number of ether oxygens (including phenoxy) is 3. The number of amidine groups is 1. The van der Waals surface area contributed by atoms with Crippen molar-refractivity contribution in [1.29, 1.82) is 5.41 Å². The highest BCUT2D eigenvalue weighted by atomic mass is 32.2. The summed E-state index contributed by atoms with van der Waals surface area (Å²) >= 11 is 4.58. The van der Waals surface area contributed by atoms with Gasteiger partial charge in [-0.1, -0.05) is 18.2 Å². The van der Waals surface area contributed by atoms with Crippen LogP contribution in [0.5, 0.6) is 17.2 Å². The third kappa shape index (κ3) is 6.07. The molecule has 37 heavy (non-hydrogen) atoms. The number of carbonyl (C=O) groups is 1. The van der Waals surface area contributed by atoms with Gasteiger partial charge in [-0.15, -0.1) is 34.4 Å². The smallest absolute Gasteiger partial charge is 0.258 e. The Morgan fingerprint density at radius 2 is 1.95 bits per heavy atom. The van der Waals surface area contributed by atoms with Crippen LogP contribution in [0.1, 0.15) is 10.4 Å². The number of hydrogen-bond donors (Lipinski definition) is 3. The zero-order valence-electron chi connectivity index (χ0n) is 20.5. The molecule has 2 aromatic heterocycles. The average Bonchev–Trinajstić information content (AvgIpc) is 3.58. The van der Waals surface area contributed by atoms with Crippen LogP contribution in [0.25, 0.3) is 21.7 Å². The number of nitrogens with zero attached hydrogens (tertiary/aromatic N) is 1. The van der Waals surface area contributed by atoms with Crippen LogP contribution in [0.15, 0.2) is 58.3 Å². The van der Waals surface area contributed by atoms with Gasteiger partial charge >= 0.3 is 0 Å². The molecule has 1 amide bonds.